The molecule has 0 bridgehead atoms. The number of fused-ring (bicyclic) bond motifs is 1. The van der Waals surface area contributed by atoms with Crippen LogP contribution in [0.2, 0.25) is 5.28 Å². The molecule has 1 aromatic heterocycles. The van der Waals surface area contributed by atoms with Crippen LogP contribution in [-0.4, -0.2) is 34.1 Å². The molecule has 1 saturated carbocycles. The van der Waals surface area contributed by atoms with Crippen LogP contribution in [-0.2, 0) is 22.5 Å². The first kappa shape index (κ1) is 11.9. The first-order valence-electron chi connectivity index (χ1n) is 6.11. The first-order chi connectivity index (χ1) is 8.72. The highest BCUT2D eigenvalue weighted by molar-refractivity contribution is 6.28. The minimum Gasteiger partial charge on any atom is -0.449 e. The predicted molar refractivity (Wildman–Crippen MR) is 64.8 cm³/mol. The predicted octanol–water partition coefficient (Wildman–Crippen LogP) is 1.40. The molecule has 0 aromatic carbocycles. The van der Waals surface area contributed by atoms with E-state index < -0.39 is 0 Å². The summed E-state index contributed by atoms with van der Waals surface area (Å²) in [6.07, 6.45) is 4.53. The molecule has 0 saturated heterocycles. The molecule has 1 fully saturated rings. The van der Waals surface area contributed by atoms with Gasteiger partial charge in [-0.1, -0.05) is 0 Å². The third kappa shape index (κ3) is 2.62. The Morgan fingerprint density at radius 3 is 3.17 bits per heavy atom. The number of halogens is 1. The zero-order chi connectivity index (χ0) is 12.5. The quantitative estimate of drug-likeness (QED) is 0.612. The van der Waals surface area contributed by atoms with E-state index in [0.717, 1.165) is 37.1 Å². The molecule has 2 aliphatic rings. The van der Waals surface area contributed by atoms with Gasteiger partial charge in [-0.3, -0.25) is 9.69 Å². The van der Waals surface area contributed by atoms with E-state index in [1.165, 1.54) is 0 Å². The van der Waals surface area contributed by atoms with Gasteiger partial charge in [-0.25, -0.2) is 9.97 Å². The lowest BCUT2D eigenvalue weighted by atomic mass is 10.1. The van der Waals surface area contributed by atoms with Crippen molar-refractivity contribution in [3.8, 4) is 0 Å². The topological polar surface area (TPSA) is 55.3 Å². The average molecular weight is 268 g/mol. The second kappa shape index (κ2) is 4.82. The zero-order valence-corrected chi connectivity index (χ0v) is 10.7. The molecule has 0 N–H and O–H groups in total. The Bertz CT molecular complexity index is 476. The molecule has 6 heteroatoms. The number of ether oxygens (including phenoxy) is 1. The molecule has 0 amide bonds. The highest BCUT2D eigenvalue weighted by Gasteiger charge is 2.31. The van der Waals surface area contributed by atoms with Crippen molar-refractivity contribution in [3.05, 3.63) is 22.7 Å². The molecule has 96 valence electrons. The molecule has 3 rings (SSSR count). The van der Waals surface area contributed by atoms with Gasteiger partial charge >= 0.3 is 5.97 Å². The van der Waals surface area contributed by atoms with Crippen LogP contribution in [0.25, 0.3) is 0 Å². The number of hydrogen-bond donors (Lipinski definition) is 0. The van der Waals surface area contributed by atoms with Gasteiger partial charge < -0.3 is 4.74 Å². The average Bonchev–Trinajstić information content (AvgIpc) is 3.20. The van der Waals surface area contributed by atoms with Crippen molar-refractivity contribution in [1.29, 1.82) is 0 Å². The summed E-state index contributed by atoms with van der Waals surface area (Å²) in [6.45, 7) is 1.90. The van der Waals surface area contributed by atoms with Crippen molar-refractivity contribution >= 4 is 17.6 Å². The van der Waals surface area contributed by atoms with Gasteiger partial charge in [0, 0.05) is 31.3 Å². The Hall–Kier alpha value is -1.20. The van der Waals surface area contributed by atoms with Crippen molar-refractivity contribution in [2.45, 2.75) is 25.8 Å². The van der Waals surface area contributed by atoms with Crippen LogP contribution in [0.4, 0.5) is 0 Å². The summed E-state index contributed by atoms with van der Waals surface area (Å²) in [6, 6.07) is 0. The Balaban J connectivity index is 1.57. The van der Waals surface area contributed by atoms with E-state index in [0.29, 0.717) is 18.6 Å². The number of aromatic nitrogens is 2. The first-order valence-corrected chi connectivity index (χ1v) is 6.49. The Labute approximate surface area is 110 Å². The van der Waals surface area contributed by atoms with Crippen molar-refractivity contribution in [2.24, 2.45) is 5.92 Å². The maximum absolute atomic E-state index is 11.4. The second-order valence-corrected chi connectivity index (χ2v) is 5.12. The maximum atomic E-state index is 11.4. The van der Waals surface area contributed by atoms with Crippen LogP contribution in [0, 0.1) is 5.92 Å². The molecule has 2 heterocycles. The lowest BCUT2D eigenvalue weighted by molar-refractivity contribution is -0.150. The summed E-state index contributed by atoms with van der Waals surface area (Å²) < 4.78 is 5.26. The highest BCUT2D eigenvalue weighted by atomic mass is 35.5. The fourth-order valence-corrected chi connectivity index (χ4v) is 2.20. The van der Waals surface area contributed by atoms with Crippen LogP contribution in [0.15, 0.2) is 6.20 Å². The largest absolute Gasteiger partial charge is 0.449 e. The van der Waals surface area contributed by atoms with Gasteiger partial charge in [-0.2, -0.15) is 0 Å². The lowest BCUT2D eigenvalue weighted by Gasteiger charge is -2.27. The number of esters is 1. The van der Waals surface area contributed by atoms with Gasteiger partial charge in [-0.15, -0.1) is 0 Å². The fourth-order valence-electron chi connectivity index (χ4n) is 2.05. The number of carbonyl (C=O) groups is 1. The third-order valence-electron chi connectivity index (χ3n) is 3.28. The van der Waals surface area contributed by atoms with Gasteiger partial charge in [0.1, 0.15) is 6.73 Å². The molecule has 18 heavy (non-hydrogen) atoms. The molecule has 0 radical (unpaired) electrons. The van der Waals surface area contributed by atoms with E-state index in [2.05, 4.69) is 14.9 Å². The third-order valence-corrected chi connectivity index (χ3v) is 3.47. The van der Waals surface area contributed by atoms with Crippen LogP contribution in [0.5, 0.6) is 0 Å². The summed E-state index contributed by atoms with van der Waals surface area (Å²) in [5.41, 5.74) is 2.06. The Kier molecular flexibility index (Phi) is 3.18. The van der Waals surface area contributed by atoms with Gasteiger partial charge in [0.2, 0.25) is 5.28 Å². The van der Waals surface area contributed by atoms with E-state index in [1.807, 2.05) is 0 Å². The summed E-state index contributed by atoms with van der Waals surface area (Å²) in [5, 5.41) is 0.294. The van der Waals surface area contributed by atoms with Gasteiger partial charge in [0.05, 0.1) is 11.6 Å². The summed E-state index contributed by atoms with van der Waals surface area (Å²) in [4.78, 5) is 21.7. The van der Waals surface area contributed by atoms with Crippen LogP contribution in [0.3, 0.4) is 0 Å². The van der Waals surface area contributed by atoms with Crippen LogP contribution >= 0.6 is 11.6 Å². The standard InChI is InChI=1S/C12H14ClN3O2/c13-12-14-5-9-6-16(4-3-10(9)15-12)7-18-11(17)8-1-2-8/h5,8H,1-4,6-7H2. The summed E-state index contributed by atoms with van der Waals surface area (Å²) in [5.74, 6) is 0.0948. The molecular weight excluding hydrogens is 254 g/mol. The molecule has 5 nitrogen and oxygen atoms in total. The van der Waals surface area contributed by atoms with E-state index in [-0.39, 0.29) is 11.9 Å². The minimum absolute atomic E-state index is 0.0619. The number of carbonyl (C=O) groups excluding carboxylic acids is 1. The number of nitrogens with zero attached hydrogens (tertiary/aromatic N) is 3. The number of rotatable bonds is 3. The van der Waals surface area contributed by atoms with Gasteiger partial charge in [0.25, 0.3) is 0 Å². The SMILES string of the molecule is O=C(OCN1CCc2nc(Cl)ncc2C1)C1CC1. The molecule has 0 spiro atoms. The molecule has 1 aromatic rings. The smallest absolute Gasteiger partial charge is 0.310 e. The van der Waals surface area contributed by atoms with Crippen molar-refractivity contribution < 1.29 is 9.53 Å². The molecule has 0 unspecified atom stereocenters. The van der Waals surface area contributed by atoms with Gasteiger partial charge in [0.15, 0.2) is 0 Å². The van der Waals surface area contributed by atoms with E-state index in [4.69, 9.17) is 16.3 Å². The zero-order valence-electron chi connectivity index (χ0n) is 9.93. The normalized spacial score (nSPS) is 19.4. The Morgan fingerprint density at radius 1 is 1.56 bits per heavy atom. The maximum Gasteiger partial charge on any atom is 0.310 e. The fraction of sp³-hybridized carbons (Fsp3) is 0.583. The summed E-state index contributed by atoms with van der Waals surface area (Å²) in [7, 11) is 0. The van der Waals surface area contributed by atoms with Crippen molar-refractivity contribution in [1.82, 2.24) is 14.9 Å². The van der Waals surface area contributed by atoms with Crippen molar-refractivity contribution in [3.63, 3.8) is 0 Å². The highest BCUT2D eigenvalue weighted by Crippen LogP contribution is 2.30. The monoisotopic (exact) mass is 267 g/mol. The van der Waals surface area contributed by atoms with Crippen LogP contribution in [0.1, 0.15) is 24.1 Å². The molecular formula is C12H14ClN3O2. The van der Waals surface area contributed by atoms with E-state index in [1.54, 1.807) is 6.20 Å². The second-order valence-electron chi connectivity index (χ2n) is 4.78. The molecule has 1 aliphatic carbocycles. The molecule has 1 aliphatic heterocycles. The van der Waals surface area contributed by atoms with E-state index in [9.17, 15) is 4.79 Å². The van der Waals surface area contributed by atoms with Gasteiger partial charge in [-0.05, 0) is 24.4 Å². The van der Waals surface area contributed by atoms with Crippen molar-refractivity contribution in [2.75, 3.05) is 13.3 Å². The lowest BCUT2D eigenvalue weighted by Crippen LogP contribution is -2.34. The molecule has 0 atom stereocenters. The Morgan fingerprint density at radius 2 is 2.39 bits per heavy atom. The van der Waals surface area contributed by atoms with E-state index >= 15 is 0 Å². The number of hydrogen-bond acceptors (Lipinski definition) is 5. The summed E-state index contributed by atoms with van der Waals surface area (Å²) >= 11 is 5.75. The minimum atomic E-state index is -0.0619. The van der Waals surface area contributed by atoms with Crippen LogP contribution < -0.4 is 0 Å².